The normalized spacial score (nSPS) is 11.9. The number of hydrogen-bond acceptors (Lipinski definition) is 5. The third kappa shape index (κ3) is 4.11. The Morgan fingerprint density at radius 2 is 2.06 bits per heavy atom. The van der Waals surface area contributed by atoms with E-state index in [-0.39, 0.29) is 18.1 Å². The highest BCUT2D eigenvalue weighted by Gasteiger charge is 2.40. The molecule has 0 fully saturated rings. The number of aromatic nitrogens is 2. The lowest BCUT2D eigenvalue weighted by molar-refractivity contribution is -0.168. The Balaban J connectivity index is 2.40. The summed E-state index contributed by atoms with van der Waals surface area (Å²) >= 11 is 0. The van der Waals surface area contributed by atoms with E-state index in [9.17, 15) is 17.6 Å². The molecule has 9 heteroatoms. The summed E-state index contributed by atoms with van der Waals surface area (Å²) in [4.78, 5) is 7.48. The fraction of sp³-hybridized carbons (Fsp3) is 0.500. The molecule has 1 rings (SSSR count). The van der Waals surface area contributed by atoms with Gasteiger partial charge >= 0.3 is 12.3 Å². The highest BCUT2D eigenvalue weighted by molar-refractivity contribution is 5.28. The molecule has 96 valence electrons. The molecular formula is C8H10F4N4O. The summed E-state index contributed by atoms with van der Waals surface area (Å²) in [5.74, 6) is 1.15. The van der Waals surface area contributed by atoms with E-state index < -0.39 is 19.0 Å². The van der Waals surface area contributed by atoms with Gasteiger partial charge in [-0.1, -0.05) is 0 Å². The van der Waals surface area contributed by atoms with E-state index in [1.807, 2.05) is 0 Å². The molecule has 0 aliphatic rings. The summed E-state index contributed by atoms with van der Waals surface area (Å²) in [6.07, 6.45) is -1.27. The van der Waals surface area contributed by atoms with E-state index in [1.54, 1.807) is 0 Å². The maximum Gasteiger partial charge on any atom is 0.330 e. The Morgan fingerprint density at radius 1 is 1.35 bits per heavy atom. The van der Waals surface area contributed by atoms with Gasteiger partial charge in [0.1, 0.15) is 6.61 Å². The molecule has 0 radical (unpaired) electrons. The lowest BCUT2D eigenvalue weighted by Gasteiger charge is -2.14. The zero-order valence-corrected chi connectivity index (χ0v) is 8.54. The number of nitrogen functional groups attached to an aromatic ring is 1. The summed E-state index contributed by atoms with van der Waals surface area (Å²) in [6, 6.07) is 0. The lowest BCUT2D eigenvalue weighted by atomic mass is 10.4. The second kappa shape index (κ2) is 5.73. The molecule has 5 nitrogen and oxygen atoms in total. The molecule has 0 atom stereocenters. The van der Waals surface area contributed by atoms with Crippen LogP contribution in [0, 0.1) is 0 Å². The molecule has 1 aromatic heterocycles. The average Bonchev–Trinajstić information content (AvgIpc) is 2.29. The second-order valence-electron chi connectivity index (χ2n) is 3.09. The van der Waals surface area contributed by atoms with Crippen LogP contribution in [0.3, 0.4) is 0 Å². The Hall–Kier alpha value is -1.48. The summed E-state index contributed by atoms with van der Waals surface area (Å²) in [5.41, 5.74) is 2.45. The SMILES string of the molecule is NNc1cnc(COCC(F)(F)C(F)F)cn1. The first kappa shape index (κ1) is 13.6. The van der Waals surface area contributed by atoms with Crippen molar-refractivity contribution in [2.45, 2.75) is 19.0 Å². The highest BCUT2D eigenvalue weighted by Crippen LogP contribution is 2.23. The maximum atomic E-state index is 12.4. The zero-order chi connectivity index (χ0) is 12.9. The molecule has 0 spiro atoms. The van der Waals surface area contributed by atoms with E-state index in [0.717, 1.165) is 0 Å². The first-order valence-corrected chi connectivity index (χ1v) is 4.47. The van der Waals surface area contributed by atoms with Crippen LogP contribution < -0.4 is 11.3 Å². The van der Waals surface area contributed by atoms with Gasteiger partial charge in [0.25, 0.3) is 0 Å². The Bertz CT molecular complexity index is 346. The quantitative estimate of drug-likeness (QED) is 0.453. The predicted octanol–water partition coefficient (Wildman–Crippen LogP) is 1.18. The number of nitrogens with one attached hydrogen (secondary N) is 1. The van der Waals surface area contributed by atoms with Crippen LogP contribution in [0.5, 0.6) is 0 Å². The van der Waals surface area contributed by atoms with Crippen LogP contribution in [0.15, 0.2) is 12.4 Å². The van der Waals surface area contributed by atoms with Crippen molar-refractivity contribution in [3.63, 3.8) is 0 Å². The maximum absolute atomic E-state index is 12.4. The number of alkyl halides is 4. The van der Waals surface area contributed by atoms with Crippen LogP contribution in [0.25, 0.3) is 0 Å². The Kier molecular flexibility index (Phi) is 4.58. The molecule has 1 heterocycles. The van der Waals surface area contributed by atoms with Gasteiger partial charge in [-0.2, -0.15) is 8.78 Å². The fourth-order valence-electron chi connectivity index (χ4n) is 0.859. The lowest BCUT2D eigenvalue weighted by Crippen LogP contribution is -2.32. The smallest absolute Gasteiger partial charge is 0.330 e. The van der Waals surface area contributed by atoms with Gasteiger partial charge in [0.05, 0.1) is 24.7 Å². The Morgan fingerprint density at radius 3 is 2.53 bits per heavy atom. The van der Waals surface area contributed by atoms with Crippen molar-refractivity contribution in [2.24, 2.45) is 5.84 Å². The predicted molar refractivity (Wildman–Crippen MR) is 50.4 cm³/mol. The van der Waals surface area contributed by atoms with Crippen LogP contribution in [0.1, 0.15) is 5.69 Å². The van der Waals surface area contributed by atoms with Crippen molar-refractivity contribution in [1.29, 1.82) is 0 Å². The third-order valence-corrected chi connectivity index (χ3v) is 1.72. The molecule has 0 saturated carbocycles. The average molecular weight is 254 g/mol. The van der Waals surface area contributed by atoms with Crippen molar-refractivity contribution >= 4 is 5.82 Å². The highest BCUT2D eigenvalue weighted by atomic mass is 19.3. The molecule has 1 aromatic rings. The summed E-state index contributed by atoms with van der Waals surface area (Å²) < 4.78 is 52.8. The van der Waals surface area contributed by atoms with Crippen LogP contribution >= 0.6 is 0 Å². The minimum atomic E-state index is -4.16. The van der Waals surface area contributed by atoms with Crippen LogP contribution in [-0.2, 0) is 11.3 Å². The van der Waals surface area contributed by atoms with Crippen LogP contribution in [-0.4, -0.2) is 28.9 Å². The van der Waals surface area contributed by atoms with Gasteiger partial charge < -0.3 is 10.2 Å². The van der Waals surface area contributed by atoms with Crippen LogP contribution in [0.4, 0.5) is 23.4 Å². The molecular weight excluding hydrogens is 244 g/mol. The largest absolute Gasteiger partial charge is 0.369 e. The molecule has 0 aliphatic carbocycles. The van der Waals surface area contributed by atoms with Gasteiger partial charge in [0, 0.05) is 0 Å². The number of nitrogens with two attached hydrogens (primary N) is 1. The zero-order valence-electron chi connectivity index (χ0n) is 8.54. The first-order valence-electron chi connectivity index (χ1n) is 4.47. The van der Waals surface area contributed by atoms with Gasteiger partial charge in [-0.3, -0.25) is 4.98 Å². The molecule has 0 saturated heterocycles. The standard InChI is InChI=1S/C8H10F4N4O/c9-7(10)8(11,12)4-17-3-5-1-15-6(16-13)2-14-5/h1-2,7H,3-4,13H2,(H,15,16). The summed E-state index contributed by atoms with van der Waals surface area (Å²) in [5, 5.41) is 0. The van der Waals surface area contributed by atoms with Gasteiger partial charge in [-0.05, 0) is 0 Å². The number of anilines is 1. The minimum Gasteiger partial charge on any atom is -0.369 e. The number of rotatable bonds is 6. The van der Waals surface area contributed by atoms with Gasteiger partial charge in [-0.15, -0.1) is 0 Å². The number of hydrazine groups is 1. The molecule has 17 heavy (non-hydrogen) atoms. The van der Waals surface area contributed by atoms with E-state index in [0.29, 0.717) is 0 Å². The van der Waals surface area contributed by atoms with Crippen molar-refractivity contribution in [3.8, 4) is 0 Å². The topological polar surface area (TPSA) is 73.1 Å². The van der Waals surface area contributed by atoms with Gasteiger partial charge in [0.2, 0.25) is 0 Å². The monoisotopic (exact) mass is 254 g/mol. The first-order chi connectivity index (χ1) is 7.95. The van der Waals surface area contributed by atoms with Gasteiger partial charge in [-0.25, -0.2) is 19.6 Å². The van der Waals surface area contributed by atoms with Crippen LogP contribution in [0.2, 0.25) is 0 Å². The molecule has 0 amide bonds. The summed E-state index contributed by atoms with van der Waals surface area (Å²) in [6.45, 7) is -1.70. The second-order valence-corrected chi connectivity index (χ2v) is 3.09. The van der Waals surface area contributed by atoms with E-state index in [4.69, 9.17) is 5.84 Å². The fourth-order valence-corrected chi connectivity index (χ4v) is 0.859. The van der Waals surface area contributed by atoms with Crippen molar-refractivity contribution in [2.75, 3.05) is 12.0 Å². The number of nitrogens with zero attached hydrogens (tertiary/aromatic N) is 2. The molecule has 0 bridgehead atoms. The van der Waals surface area contributed by atoms with E-state index >= 15 is 0 Å². The molecule has 0 aliphatic heterocycles. The summed E-state index contributed by atoms with van der Waals surface area (Å²) in [7, 11) is 0. The molecule has 3 N–H and O–H groups in total. The molecule has 0 unspecified atom stereocenters. The number of hydrogen-bond donors (Lipinski definition) is 2. The van der Waals surface area contributed by atoms with Crippen molar-refractivity contribution in [3.05, 3.63) is 18.1 Å². The Labute approximate surface area is 94.0 Å². The number of halogens is 4. The minimum absolute atomic E-state index is 0.231. The van der Waals surface area contributed by atoms with E-state index in [1.165, 1.54) is 12.4 Å². The van der Waals surface area contributed by atoms with Gasteiger partial charge in [0.15, 0.2) is 5.82 Å². The number of ether oxygens (including phenoxy) is 1. The third-order valence-electron chi connectivity index (χ3n) is 1.72. The van der Waals surface area contributed by atoms with Crippen molar-refractivity contribution in [1.82, 2.24) is 9.97 Å². The van der Waals surface area contributed by atoms with Crippen molar-refractivity contribution < 1.29 is 22.3 Å². The molecule has 0 aromatic carbocycles. The van der Waals surface area contributed by atoms with E-state index in [2.05, 4.69) is 20.1 Å².